The van der Waals surface area contributed by atoms with E-state index < -0.39 is 5.97 Å². The SMILES string of the molecule is Cc1cccc(CN2CCC(CCC(=O)O)CC2)c1C. The second-order valence-electron chi connectivity index (χ2n) is 6.01. The minimum atomic E-state index is -0.664. The highest BCUT2D eigenvalue weighted by Crippen LogP contribution is 2.24. The molecule has 3 heteroatoms. The van der Waals surface area contributed by atoms with E-state index in [1.165, 1.54) is 16.7 Å². The van der Waals surface area contributed by atoms with E-state index in [4.69, 9.17) is 5.11 Å². The Morgan fingerprint density at radius 3 is 2.65 bits per heavy atom. The fourth-order valence-corrected chi connectivity index (χ4v) is 2.98. The van der Waals surface area contributed by atoms with Gasteiger partial charge in [0.15, 0.2) is 0 Å². The van der Waals surface area contributed by atoms with E-state index in [-0.39, 0.29) is 0 Å². The summed E-state index contributed by atoms with van der Waals surface area (Å²) in [7, 11) is 0. The molecule has 0 amide bonds. The van der Waals surface area contributed by atoms with Crippen LogP contribution in [-0.2, 0) is 11.3 Å². The fraction of sp³-hybridized carbons (Fsp3) is 0.588. The van der Waals surface area contributed by atoms with Gasteiger partial charge in [-0.15, -0.1) is 0 Å². The third-order valence-corrected chi connectivity index (χ3v) is 4.58. The molecular weight excluding hydrogens is 250 g/mol. The average Bonchev–Trinajstić information content (AvgIpc) is 2.43. The topological polar surface area (TPSA) is 40.5 Å². The first kappa shape index (κ1) is 15.0. The number of aliphatic carboxylic acids is 1. The summed E-state index contributed by atoms with van der Waals surface area (Å²) in [6.45, 7) is 7.58. The number of nitrogens with zero attached hydrogens (tertiary/aromatic N) is 1. The Hall–Kier alpha value is -1.35. The first-order valence-corrected chi connectivity index (χ1v) is 7.55. The Bertz CT molecular complexity index is 462. The summed E-state index contributed by atoms with van der Waals surface area (Å²) in [6.07, 6.45) is 3.44. The lowest BCUT2D eigenvalue weighted by molar-refractivity contribution is -0.137. The molecule has 1 aliphatic rings. The molecule has 0 bridgehead atoms. The summed E-state index contributed by atoms with van der Waals surface area (Å²) in [5.41, 5.74) is 4.19. The van der Waals surface area contributed by atoms with Crippen LogP contribution in [0.1, 0.15) is 42.4 Å². The summed E-state index contributed by atoms with van der Waals surface area (Å²) >= 11 is 0. The lowest BCUT2D eigenvalue weighted by Crippen LogP contribution is -2.33. The van der Waals surface area contributed by atoms with Crippen molar-refractivity contribution in [3.05, 3.63) is 34.9 Å². The van der Waals surface area contributed by atoms with Crippen molar-refractivity contribution in [2.45, 2.75) is 46.1 Å². The Morgan fingerprint density at radius 1 is 1.30 bits per heavy atom. The fourth-order valence-electron chi connectivity index (χ4n) is 2.98. The van der Waals surface area contributed by atoms with E-state index >= 15 is 0 Å². The van der Waals surface area contributed by atoms with Crippen molar-refractivity contribution in [2.24, 2.45) is 5.92 Å². The van der Waals surface area contributed by atoms with Gasteiger partial charge in [0.05, 0.1) is 0 Å². The zero-order chi connectivity index (χ0) is 14.5. The molecule has 3 nitrogen and oxygen atoms in total. The molecule has 2 rings (SSSR count). The summed E-state index contributed by atoms with van der Waals surface area (Å²) < 4.78 is 0. The van der Waals surface area contributed by atoms with Crippen LogP contribution in [-0.4, -0.2) is 29.1 Å². The van der Waals surface area contributed by atoms with E-state index in [0.29, 0.717) is 12.3 Å². The van der Waals surface area contributed by atoms with Gasteiger partial charge in [-0.05, 0) is 68.8 Å². The van der Waals surface area contributed by atoms with Crippen LogP contribution in [0.3, 0.4) is 0 Å². The molecule has 1 aromatic rings. The van der Waals surface area contributed by atoms with Gasteiger partial charge in [0.25, 0.3) is 0 Å². The van der Waals surface area contributed by atoms with E-state index in [1.807, 2.05) is 0 Å². The summed E-state index contributed by atoms with van der Waals surface area (Å²) in [5.74, 6) is -0.0660. The first-order valence-electron chi connectivity index (χ1n) is 7.55. The van der Waals surface area contributed by atoms with Crippen molar-refractivity contribution in [3.63, 3.8) is 0 Å². The van der Waals surface area contributed by atoms with Crippen molar-refractivity contribution in [2.75, 3.05) is 13.1 Å². The number of hydrogen-bond donors (Lipinski definition) is 1. The van der Waals surface area contributed by atoms with Gasteiger partial charge in [-0.2, -0.15) is 0 Å². The molecule has 0 atom stereocenters. The Kier molecular flexibility index (Phi) is 5.18. The maximum absolute atomic E-state index is 10.6. The van der Waals surface area contributed by atoms with Crippen molar-refractivity contribution >= 4 is 5.97 Å². The number of aryl methyl sites for hydroxylation is 1. The van der Waals surface area contributed by atoms with Crippen LogP contribution in [0, 0.1) is 19.8 Å². The second-order valence-corrected chi connectivity index (χ2v) is 6.01. The Balaban J connectivity index is 1.82. The molecule has 1 heterocycles. The lowest BCUT2D eigenvalue weighted by atomic mass is 9.91. The zero-order valence-corrected chi connectivity index (χ0v) is 12.6. The Labute approximate surface area is 121 Å². The van der Waals surface area contributed by atoms with Gasteiger partial charge in [-0.25, -0.2) is 0 Å². The third-order valence-electron chi connectivity index (χ3n) is 4.58. The van der Waals surface area contributed by atoms with Crippen molar-refractivity contribution in [1.29, 1.82) is 0 Å². The number of piperidine rings is 1. The number of likely N-dealkylation sites (tertiary alicyclic amines) is 1. The quantitative estimate of drug-likeness (QED) is 0.895. The summed E-state index contributed by atoms with van der Waals surface area (Å²) in [4.78, 5) is 13.1. The normalized spacial score (nSPS) is 17.3. The van der Waals surface area contributed by atoms with Crippen LogP contribution in [0.25, 0.3) is 0 Å². The smallest absolute Gasteiger partial charge is 0.303 e. The maximum atomic E-state index is 10.6. The number of carbonyl (C=O) groups is 1. The van der Waals surface area contributed by atoms with Crippen LogP contribution in [0.15, 0.2) is 18.2 Å². The molecule has 1 saturated heterocycles. The highest BCUT2D eigenvalue weighted by atomic mass is 16.4. The molecule has 0 aliphatic carbocycles. The van der Waals surface area contributed by atoms with Crippen LogP contribution >= 0.6 is 0 Å². The largest absolute Gasteiger partial charge is 0.481 e. The molecule has 20 heavy (non-hydrogen) atoms. The van der Waals surface area contributed by atoms with Crippen molar-refractivity contribution in [3.8, 4) is 0 Å². The van der Waals surface area contributed by atoms with Crippen molar-refractivity contribution in [1.82, 2.24) is 4.90 Å². The van der Waals surface area contributed by atoms with Gasteiger partial charge >= 0.3 is 5.97 Å². The van der Waals surface area contributed by atoms with E-state index in [2.05, 4.69) is 36.9 Å². The maximum Gasteiger partial charge on any atom is 0.303 e. The highest BCUT2D eigenvalue weighted by Gasteiger charge is 2.20. The summed E-state index contributed by atoms with van der Waals surface area (Å²) in [6, 6.07) is 6.52. The number of carboxylic acids is 1. The second kappa shape index (κ2) is 6.89. The van der Waals surface area contributed by atoms with Crippen LogP contribution < -0.4 is 0 Å². The molecule has 1 aliphatic heterocycles. The number of benzene rings is 1. The molecular formula is C17H25NO2. The van der Waals surface area contributed by atoms with Gasteiger partial charge < -0.3 is 5.11 Å². The van der Waals surface area contributed by atoms with E-state index in [1.54, 1.807) is 0 Å². The van der Waals surface area contributed by atoms with Gasteiger partial charge in [0.2, 0.25) is 0 Å². The number of hydrogen-bond acceptors (Lipinski definition) is 2. The van der Waals surface area contributed by atoms with Gasteiger partial charge in [0.1, 0.15) is 0 Å². The number of carboxylic acid groups (broad SMARTS) is 1. The monoisotopic (exact) mass is 275 g/mol. The molecule has 0 unspecified atom stereocenters. The number of rotatable bonds is 5. The predicted octanol–water partition coefficient (Wildman–Crippen LogP) is 3.38. The Morgan fingerprint density at radius 2 is 2.00 bits per heavy atom. The molecule has 0 saturated carbocycles. The minimum Gasteiger partial charge on any atom is -0.481 e. The summed E-state index contributed by atoms with van der Waals surface area (Å²) in [5, 5.41) is 8.74. The molecule has 1 fully saturated rings. The van der Waals surface area contributed by atoms with E-state index in [0.717, 1.165) is 38.9 Å². The molecule has 0 spiro atoms. The van der Waals surface area contributed by atoms with Crippen LogP contribution in [0.4, 0.5) is 0 Å². The minimum absolute atomic E-state index is 0.321. The van der Waals surface area contributed by atoms with Crippen molar-refractivity contribution < 1.29 is 9.90 Å². The van der Waals surface area contributed by atoms with Crippen LogP contribution in [0.5, 0.6) is 0 Å². The lowest BCUT2D eigenvalue weighted by Gasteiger charge is -2.32. The van der Waals surface area contributed by atoms with Gasteiger partial charge in [-0.1, -0.05) is 18.2 Å². The third kappa shape index (κ3) is 4.07. The molecule has 0 radical (unpaired) electrons. The van der Waals surface area contributed by atoms with Crippen LogP contribution in [0.2, 0.25) is 0 Å². The molecule has 110 valence electrons. The molecule has 1 N–H and O–H groups in total. The predicted molar refractivity (Wildman–Crippen MR) is 80.8 cm³/mol. The van der Waals surface area contributed by atoms with Gasteiger partial charge in [-0.3, -0.25) is 9.69 Å². The van der Waals surface area contributed by atoms with E-state index in [9.17, 15) is 4.79 Å². The van der Waals surface area contributed by atoms with Gasteiger partial charge in [0, 0.05) is 13.0 Å². The molecule has 1 aromatic carbocycles. The molecule has 0 aromatic heterocycles. The average molecular weight is 275 g/mol. The first-order chi connectivity index (χ1) is 9.56. The highest BCUT2D eigenvalue weighted by molar-refractivity contribution is 5.66. The zero-order valence-electron chi connectivity index (χ0n) is 12.6. The standard InChI is InChI=1S/C17H25NO2/c1-13-4-3-5-16(14(13)2)12-18-10-8-15(9-11-18)6-7-17(19)20/h3-5,15H,6-12H2,1-2H3,(H,19,20).